The average molecular weight is 258 g/mol. The first-order chi connectivity index (χ1) is 8.56. The van der Waals surface area contributed by atoms with Gasteiger partial charge in [0.2, 0.25) is 5.91 Å². The summed E-state index contributed by atoms with van der Waals surface area (Å²) in [6.07, 6.45) is 2.40. The van der Waals surface area contributed by atoms with Crippen molar-refractivity contribution >= 4 is 11.9 Å². The summed E-state index contributed by atoms with van der Waals surface area (Å²) in [7, 11) is 1.62. The predicted molar refractivity (Wildman–Crippen MR) is 66.0 cm³/mol. The number of aliphatic carboxylic acids is 1. The predicted octanol–water partition coefficient (Wildman–Crippen LogP) is 0.0635. The van der Waals surface area contributed by atoms with E-state index in [-0.39, 0.29) is 11.8 Å². The number of nitrogens with zero attached hydrogens (tertiary/aromatic N) is 1. The van der Waals surface area contributed by atoms with Crippen LogP contribution in [0.15, 0.2) is 0 Å². The molecule has 0 saturated carbocycles. The number of carbonyl (C=O) groups is 2. The molecule has 1 unspecified atom stereocenters. The smallest absolute Gasteiger partial charge is 0.306 e. The molecule has 0 aromatic carbocycles. The van der Waals surface area contributed by atoms with Gasteiger partial charge in [0.05, 0.1) is 12.0 Å². The highest BCUT2D eigenvalue weighted by Crippen LogP contribution is 2.18. The zero-order valence-electron chi connectivity index (χ0n) is 10.8. The molecule has 1 heterocycles. The number of hydrogen-bond donors (Lipinski definition) is 2. The molecule has 1 amide bonds. The van der Waals surface area contributed by atoms with E-state index < -0.39 is 12.0 Å². The minimum atomic E-state index is -0.772. The SMILES string of the molecule is COCCCC(N)C(=O)N1CCC(C(=O)O)CC1. The lowest BCUT2D eigenvalue weighted by Crippen LogP contribution is -2.48. The fourth-order valence-electron chi connectivity index (χ4n) is 2.15. The maximum Gasteiger partial charge on any atom is 0.306 e. The van der Waals surface area contributed by atoms with Crippen molar-refractivity contribution in [2.45, 2.75) is 31.7 Å². The summed E-state index contributed by atoms with van der Waals surface area (Å²) in [4.78, 5) is 24.5. The van der Waals surface area contributed by atoms with Crippen LogP contribution in [0.1, 0.15) is 25.7 Å². The molecule has 1 rings (SSSR count). The van der Waals surface area contributed by atoms with Gasteiger partial charge in [0, 0.05) is 26.8 Å². The molecule has 1 aliphatic heterocycles. The Balaban J connectivity index is 2.32. The number of amides is 1. The third-order valence-corrected chi connectivity index (χ3v) is 3.34. The fourth-order valence-corrected chi connectivity index (χ4v) is 2.15. The van der Waals surface area contributed by atoms with Gasteiger partial charge in [-0.25, -0.2) is 0 Å². The lowest BCUT2D eigenvalue weighted by molar-refractivity contribution is -0.146. The summed E-state index contributed by atoms with van der Waals surface area (Å²) in [6.45, 7) is 1.59. The number of carboxylic acids is 1. The number of carbonyl (C=O) groups excluding carboxylic acids is 1. The second-order valence-electron chi connectivity index (χ2n) is 4.68. The van der Waals surface area contributed by atoms with E-state index in [2.05, 4.69) is 0 Å². The second-order valence-corrected chi connectivity index (χ2v) is 4.68. The largest absolute Gasteiger partial charge is 0.481 e. The fraction of sp³-hybridized carbons (Fsp3) is 0.833. The first-order valence-electron chi connectivity index (χ1n) is 6.32. The van der Waals surface area contributed by atoms with Gasteiger partial charge in [-0.05, 0) is 25.7 Å². The van der Waals surface area contributed by atoms with Gasteiger partial charge in [0.15, 0.2) is 0 Å². The Bertz CT molecular complexity index is 288. The maximum absolute atomic E-state index is 12.0. The first-order valence-corrected chi connectivity index (χ1v) is 6.32. The van der Waals surface area contributed by atoms with Gasteiger partial charge in [-0.1, -0.05) is 0 Å². The Morgan fingerprint density at radius 3 is 2.56 bits per heavy atom. The Morgan fingerprint density at radius 1 is 1.44 bits per heavy atom. The molecule has 0 spiro atoms. The topological polar surface area (TPSA) is 92.9 Å². The number of nitrogens with two attached hydrogens (primary N) is 1. The second kappa shape index (κ2) is 7.33. The summed E-state index contributed by atoms with van der Waals surface area (Å²) in [5, 5.41) is 8.87. The number of ether oxygens (including phenoxy) is 1. The lowest BCUT2D eigenvalue weighted by Gasteiger charge is -2.31. The molecule has 6 heteroatoms. The highest BCUT2D eigenvalue weighted by atomic mass is 16.5. The number of rotatable bonds is 6. The van der Waals surface area contributed by atoms with Gasteiger partial charge in [0.1, 0.15) is 0 Å². The van der Waals surface area contributed by atoms with Crippen molar-refractivity contribution in [2.24, 2.45) is 11.7 Å². The molecule has 0 bridgehead atoms. The number of piperidine rings is 1. The number of methoxy groups -OCH3 is 1. The summed E-state index contributed by atoms with van der Waals surface area (Å²) in [5.74, 6) is -1.17. The summed E-state index contributed by atoms with van der Waals surface area (Å²) in [6, 6.07) is -0.499. The normalized spacial score (nSPS) is 18.7. The van der Waals surface area contributed by atoms with Crippen LogP contribution >= 0.6 is 0 Å². The van der Waals surface area contributed by atoms with E-state index in [1.807, 2.05) is 0 Å². The van der Waals surface area contributed by atoms with E-state index in [0.717, 1.165) is 6.42 Å². The monoisotopic (exact) mass is 258 g/mol. The van der Waals surface area contributed by atoms with Gasteiger partial charge in [-0.2, -0.15) is 0 Å². The molecule has 3 N–H and O–H groups in total. The molecular weight excluding hydrogens is 236 g/mol. The van der Waals surface area contributed by atoms with Gasteiger partial charge >= 0.3 is 5.97 Å². The van der Waals surface area contributed by atoms with E-state index in [1.54, 1.807) is 12.0 Å². The highest BCUT2D eigenvalue weighted by molar-refractivity contribution is 5.82. The lowest BCUT2D eigenvalue weighted by atomic mass is 9.96. The van der Waals surface area contributed by atoms with Crippen molar-refractivity contribution in [3.8, 4) is 0 Å². The van der Waals surface area contributed by atoms with Crippen molar-refractivity contribution in [1.82, 2.24) is 4.90 Å². The van der Waals surface area contributed by atoms with Crippen LogP contribution in [-0.2, 0) is 14.3 Å². The molecule has 6 nitrogen and oxygen atoms in total. The average Bonchev–Trinajstić information content (AvgIpc) is 2.38. The zero-order chi connectivity index (χ0) is 13.5. The van der Waals surface area contributed by atoms with Crippen molar-refractivity contribution in [3.05, 3.63) is 0 Å². The molecule has 104 valence electrons. The first kappa shape index (κ1) is 14.9. The Morgan fingerprint density at radius 2 is 2.06 bits per heavy atom. The van der Waals surface area contributed by atoms with Crippen LogP contribution in [0.25, 0.3) is 0 Å². The highest BCUT2D eigenvalue weighted by Gasteiger charge is 2.28. The van der Waals surface area contributed by atoms with E-state index >= 15 is 0 Å². The van der Waals surface area contributed by atoms with Crippen LogP contribution in [-0.4, -0.2) is 54.7 Å². The number of likely N-dealkylation sites (tertiary alicyclic amines) is 1. The summed E-state index contributed by atoms with van der Waals surface area (Å²) >= 11 is 0. The van der Waals surface area contributed by atoms with Crippen LogP contribution in [0.4, 0.5) is 0 Å². The number of hydrogen-bond acceptors (Lipinski definition) is 4. The number of carboxylic acid groups (broad SMARTS) is 1. The standard InChI is InChI=1S/C12H22N2O4/c1-18-8-2-3-10(13)11(15)14-6-4-9(5-7-14)12(16)17/h9-10H,2-8,13H2,1H3,(H,16,17). The van der Waals surface area contributed by atoms with Crippen LogP contribution < -0.4 is 5.73 Å². The van der Waals surface area contributed by atoms with E-state index in [4.69, 9.17) is 15.6 Å². The van der Waals surface area contributed by atoms with Crippen LogP contribution in [0.2, 0.25) is 0 Å². The van der Waals surface area contributed by atoms with Gasteiger partial charge in [-0.3, -0.25) is 9.59 Å². The zero-order valence-corrected chi connectivity index (χ0v) is 10.8. The van der Waals surface area contributed by atoms with Crippen molar-refractivity contribution < 1.29 is 19.4 Å². The van der Waals surface area contributed by atoms with E-state index in [9.17, 15) is 9.59 Å². The van der Waals surface area contributed by atoms with Crippen LogP contribution in [0.3, 0.4) is 0 Å². The quantitative estimate of drug-likeness (QED) is 0.657. The molecule has 1 aliphatic rings. The molecule has 0 aromatic rings. The summed E-state index contributed by atoms with van der Waals surface area (Å²) < 4.78 is 4.91. The molecular formula is C12H22N2O4. The summed E-state index contributed by atoms with van der Waals surface area (Å²) in [5.41, 5.74) is 5.82. The Hall–Kier alpha value is -1.14. The molecule has 1 saturated heterocycles. The molecule has 18 heavy (non-hydrogen) atoms. The molecule has 1 fully saturated rings. The van der Waals surface area contributed by atoms with E-state index in [1.165, 1.54) is 0 Å². The van der Waals surface area contributed by atoms with Gasteiger partial charge in [0.25, 0.3) is 0 Å². The van der Waals surface area contributed by atoms with Crippen LogP contribution in [0, 0.1) is 5.92 Å². The van der Waals surface area contributed by atoms with Crippen molar-refractivity contribution in [2.75, 3.05) is 26.8 Å². The maximum atomic E-state index is 12.0. The van der Waals surface area contributed by atoms with Crippen LogP contribution in [0.5, 0.6) is 0 Å². The molecule has 0 aliphatic carbocycles. The molecule has 0 radical (unpaired) electrons. The third kappa shape index (κ3) is 4.27. The molecule has 0 aromatic heterocycles. The minimum absolute atomic E-state index is 0.0741. The molecule has 1 atom stereocenters. The van der Waals surface area contributed by atoms with E-state index in [0.29, 0.717) is 39.0 Å². The Kier molecular flexibility index (Phi) is 6.07. The minimum Gasteiger partial charge on any atom is -0.481 e. The van der Waals surface area contributed by atoms with Crippen molar-refractivity contribution in [3.63, 3.8) is 0 Å². The Labute approximate surface area is 107 Å². The van der Waals surface area contributed by atoms with Gasteiger partial charge in [-0.15, -0.1) is 0 Å². The van der Waals surface area contributed by atoms with Crippen molar-refractivity contribution in [1.29, 1.82) is 0 Å². The van der Waals surface area contributed by atoms with Gasteiger partial charge < -0.3 is 20.5 Å². The third-order valence-electron chi connectivity index (χ3n) is 3.34.